The Labute approximate surface area is 108 Å². The van der Waals surface area contributed by atoms with E-state index in [1.54, 1.807) is 6.33 Å². The van der Waals surface area contributed by atoms with Gasteiger partial charge in [0.05, 0.1) is 6.33 Å². The van der Waals surface area contributed by atoms with Crippen molar-refractivity contribution in [2.24, 2.45) is 0 Å². The van der Waals surface area contributed by atoms with Gasteiger partial charge in [0.15, 0.2) is 0 Å². The highest BCUT2D eigenvalue weighted by Gasteiger charge is 2.13. The van der Waals surface area contributed by atoms with Crippen molar-refractivity contribution >= 4 is 5.82 Å². The van der Waals surface area contributed by atoms with Gasteiger partial charge < -0.3 is 10.3 Å². The lowest BCUT2D eigenvalue weighted by Crippen LogP contribution is -2.12. The zero-order chi connectivity index (χ0) is 13.0. The Morgan fingerprint density at radius 2 is 2.06 bits per heavy atom. The Morgan fingerprint density at radius 1 is 1.22 bits per heavy atom. The highest BCUT2D eigenvalue weighted by atomic mass is 15.0. The molecule has 0 aliphatic heterocycles. The standard InChI is InChI=1S/C14H20N4/c1-14(2,3)11-4-5-13(17-8-11)16-7-6-12-9-15-10-18-12/h4-5,8-10H,6-7H2,1-3H3,(H,15,18)(H,16,17). The summed E-state index contributed by atoms with van der Waals surface area (Å²) >= 11 is 0. The molecule has 0 aromatic carbocycles. The van der Waals surface area contributed by atoms with Crippen molar-refractivity contribution in [1.29, 1.82) is 0 Å². The zero-order valence-electron chi connectivity index (χ0n) is 11.2. The summed E-state index contributed by atoms with van der Waals surface area (Å²) in [6.07, 6.45) is 6.41. The lowest BCUT2D eigenvalue weighted by atomic mass is 9.88. The molecule has 0 atom stereocenters. The smallest absolute Gasteiger partial charge is 0.125 e. The second kappa shape index (κ2) is 5.21. The fourth-order valence-corrected chi connectivity index (χ4v) is 1.69. The molecule has 0 unspecified atom stereocenters. The van der Waals surface area contributed by atoms with Gasteiger partial charge in [0.1, 0.15) is 5.82 Å². The molecular weight excluding hydrogens is 224 g/mol. The number of H-pyrrole nitrogens is 1. The first-order chi connectivity index (χ1) is 8.55. The van der Waals surface area contributed by atoms with Crippen molar-refractivity contribution in [3.05, 3.63) is 42.1 Å². The van der Waals surface area contributed by atoms with Gasteiger partial charge in [-0.3, -0.25) is 0 Å². The summed E-state index contributed by atoms with van der Waals surface area (Å²) < 4.78 is 0. The van der Waals surface area contributed by atoms with Gasteiger partial charge in [-0.2, -0.15) is 0 Å². The first kappa shape index (κ1) is 12.6. The van der Waals surface area contributed by atoms with Gasteiger partial charge in [0.2, 0.25) is 0 Å². The maximum absolute atomic E-state index is 4.43. The molecule has 2 rings (SSSR count). The van der Waals surface area contributed by atoms with Gasteiger partial charge in [0, 0.05) is 31.1 Å². The normalized spacial score (nSPS) is 11.5. The minimum atomic E-state index is 0.154. The summed E-state index contributed by atoms with van der Waals surface area (Å²) in [6, 6.07) is 4.17. The highest BCUT2D eigenvalue weighted by molar-refractivity contribution is 5.37. The number of nitrogens with zero attached hydrogens (tertiary/aromatic N) is 2. The van der Waals surface area contributed by atoms with Crippen LogP contribution in [-0.2, 0) is 11.8 Å². The molecule has 0 amide bonds. The van der Waals surface area contributed by atoms with Gasteiger partial charge >= 0.3 is 0 Å². The first-order valence-electron chi connectivity index (χ1n) is 6.23. The third-order valence-corrected chi connectivity index (χ3v) is 2.88. The molecule has 0 spiro atoms. The number of imidazole rings is 1. The van der Waals surface area contributed by atoms with Crippen LogP contribution in [0.25, 0.3) is 0 Å². The van der Waals surface area contributed by atoms with Crippen molar-refractivity contribution in [3.8, 4) is 0 Å². The fraction of sp³-hybridized carbons (Fsp3) is 0.429. The lowest BCUT2D eigenvalue weighted by Gasteiger charge is -2.18. The maximum Gasteiger partial charge on any atom is 0.125 e. The second-order valence-corrected chi connectivity index (χ2v) is 5.44. The summed E-state index contributed by atoms with van der Waals surface area (Å²) in [5.41, 5.74) is 2.54. The van der Waals surface area contributed by atoms with Crippen molar-refractivity contribution in [3.63, 3.8) is 0 Å². The van der Waals surface area contributed by atoms with Crippen LogP contribution in [-0.4, -0.2) is 21.5 Å². The third kappa shape index (κ3) is 3.32. The van der Waals surface area contributed by atoms with Crippen LogP contribution in [0.15, 0.2) is 30.9 Å². The van der Waals surface area contributed by atoms with Crippen LogP contribution in [0.5, 0.6) is 0 Å². The van der Waals surface area contributed by atoms with Crippen molar-refractivity contribution in [2.75, 3.05) is 11.9 Å². The van der Waals surface area contributed by atoms with E-state index in [9.17, 15) is 0 Å². The molecule has 96 valence electrons. The number of anilines is 1. The highest BCUT2D eigenvalue weighted by Crippen LogP contribution is 2.21. The molecule has 0 aliphatic rings. The van der Waals surface area contributed by atoms with Crippen molar-refractivity contribution in [2.45, 2.75) is 32.6 Å². The molecule has 0 saturated carbocycles. The van der Waals surface area contributed by atoms with E-state index >= 15 is 0 Å². The Balaban J connectivity index is 1.87. The number of hydrogen-bond donors (Lipinski definition) is 2. The molecule has 0 fully saturated rings. The summed E-state index contributed by atoms with van der Waals surface area (Å²) in [7, 11) is 0. The number of rotatable bonds is 4. The van der Waals surface area contributed by atoms with Crippen molar-refractivity contribution in [1.82, 2.24) is 15.0 Å². The van der Waals surface area contributed by atoms with Crippen LogP contribution in [0.3, 0.4) is 0 Å². The Kier molecular flexibility index (Phi) is 3.65. The minimum absolute atomic E-state index is 0.154. The van der Waals surface area contributed by atoms with Crippen LogP contribution in [0, 0.1) is 0 Å². The van der Waals surface area contributed by atoms with Gasteiger partial charge in [-0.05, 0) is 17.0 Å². The predicted molar refractivity (Wildman–Crippen MR) is 73.7 cm³/mol. The molecule has 0 aliphatic carbocycles. The van der Waals surface area contributed by atoms with Crippen LogP contribution in [0.1, 0.15) is 32.0 Å². The third-order valence-electron chi connectivity index (χ3n) is 2.88. The molecule has 2 heterocycles. The number of nitrogens with one attached hydrogen (secondary N) is 2. The predicted octanol–water partition coefficient (Wildman–Crippen LogP) is 2.76. The van der Waals surface area contributed by atoms with E-state index in [1.165, 1.54) is 5.56 Å². The van der Waals surface area contributed by atoms with E-state index in [-0.39, 0.29) is 5.41 Å². The van der Waals surface area contributed by atoms with E-state index in [1.807, 2.05) is 18.5 Å². The summed E-state index contributed by atoms with van der Waals surface area (Å²) in [4.78, 5) is 11.5. The van der Waals surface area contributed by atoms with Gasteiger partial charge in [-0.25, -0.2) is 9.97 Å². The number of aromatic nitrogens is 3. The Morgan fingerprint density at radius 3 is 2.61 bits per heavy atom. The number of aromatic amines is 1. The molecule has 0 radical (unpaired) electrons. The average Bonchev–Trinajstić information content (AvgIpc) is 2.82. The lowest BCUT2D eigenvalue weighted by molar-refractivity contribution is 0.587. The summed E-state index contributed by atoms with van der Waals surface area (Å²) in [5, 5.41) is 3.30. The van der Waals surface area contributed by atoms with Gasteiger partial charge in [0.25, 0.3) is 0 Å². The quantitative estimate of drug-likeness (QED) is 0.869. The van der Waals surface area contributed by atoms with E-state index in [4.69, 9.17) is 0 Å². The summed E-state index contributed by atoms with van der Waals surface area (Å²) in [5.74, 6) is 0.919. The second-order valence-electron chi connectivity index (χ2n) is 5.44. The molecule has 2 aromatic rings. The van der Waals surface area contributed by atoms with Gasteiger partial charge in [-0.1, -0.05) is 26.8 Å². The van der Waals surface area contributed by atoms with Crippen LogP contribution in [0.4, 0.5) is 5.82 Å². The zero-order valence-corrected chi connectivity index (χ0v) is 11.2. The van der Waals surface area contributed by atoms with Crippen LogP contribution in [0.2, 0.25) is 0 Å². The van der Waals surface area contributed by atoms with E-state index < -0.39 is 0 Å². The molecule has 2 aromatic heterocycles. The van der Waals surface area contributed by atoms with E-state index in [2.05, 4.69) is 47.1 Å². The van der Waals surface area contributed by atoms with Crippen molar-refractivity contribution < 1.29 is 0 Å². The monoisotopic (exact) mass is 244 g/mol. The average molecular weight is 244 g/mol. The van der Waals surface area contributed by atoms with Crippen LogP contribution >= 0.6 is 0 Å². The number of pyridine rings is 1. The molecule has 4 nitrogen and oxygen atoms in total. The largest absolute Gasteiger partial charge is 0.370 e. The SMILES string of the molecule is CC(C)(C)c1ccc(NCCc2cnc[nH]2)nc1. The maximum atomic E-state index is 4.43. The molecule has 2 N–H and O–H groups in total. The van der Waals surface area contributed by atoms with Gasteiger partial charge in [-0.15, -0.1) is 0 Å². The molecule has 18 heavy (non-hydrogen) atoms. The fourth-order valence-electron chi connectivity index (χ4n) is 1.69. The van der Waals surface area contributed by atoms with Crippen LogP contribution < -0.4 is 5.32 Å². The van der Waals surface area contributed by atoms with E-state index in [0.717, 1.165) is 24.5 Å². The molecule has 0 bridgehead atoms. The van der Waals surface area contributed by atoms with E-state index in [0.29, 0.717) is 0 Å². The molecule has 4 heteroatoms. The Hall–Kier alpha value is -1.84. The Bertz CT molecular complexity index is 465. The molecule has 0 saturated heterocycles. The molecular formula is C14H20N4. The summed E-state index contributed by atoms with van der Waals surface area (Å²) in [6.45, 7) is 7.42. The topological polar surface area (TPSA) is 53.6 Å². The minimum Gasteiger partial charge on any atom is -0.370 e. The first-order valence-corrected chi connectivity index (χ1v) is 6.23. The number of hydrogen-bond acceptors (Lipinski definition) is 3.